The second kappa shape index (κ2) is 5.53. The SMILES string of the molecule is CC(=O)OC[C@@]12CCC(C)=CC1O[C@H]1[C@H](O)[C@H](OC(C)=O)[C@]2(C)[C@@]12CO2. The van der Waals surface area contributed by atoms with E-state index in [4.69, 9.17) is 18.9 Å². The van der Waals surface area contributed by atoms with Crippen molar-refractivity contribution in [2.24, 2.45) is 10.8 Å². The molecular formula is C19H26O7. The molecular weight excluding hydrogens is 340 g/mol. The van der Waals surface area contributed by atoms with Gasteiger partial charge in [-0.1, -0.05) is 18.6 Å². The molecule has 7 atom stereocenters. The Labute approximate surface area is 152 Å². The second-order valence-electron chi connectivity index (χ2n) is 8.33. The molecule has 2 aliphatic heterocycles. The number of aliphatic hydroxyl groups excluding tert-OH is 1. The fourth-order valence-electron chi connectivity index (χ4n) is 5.60. The molecule has 1 saturated carbocycles. The van der Waals surface area contributed by atoms with Gasteiger partial charge in [-0.3, -0.25) is 9.59 Å². The van der Waals surface area contributed by atoms with Gasteiger partial charge in [0.15, 0.2) is 0 Å². The van der Waals surface area contributed by atoms with Crippen molar-refractivity contribution in [3.8, 4) is 0 Å². The van der Waals surface area contributed by atoms with E-state index < -0.39 is 40.7 Å². The zero-order valence-corrected chi connectivity index (χ0v) is 15.6. The van der Waals surface area contributed by atoms with E-state index in [0.717, 1.165) is 6.42 Å². The largest absolute Gasteiger partial charge is 0.465 e. The Balaban J connectivity index is 1.86. The van der Waals surface area contributed by atoms with Crippen LogP contribution in [0.1, 0.15) is 40.5 Å². The van der Waals surface area contributed by atoms with E-state index in [-0.39, 0.29) is 18.7 Å². The zero-order chi connectivity index (χ0) is 18.9. The molecule has 2 saturated heterocycles. The molecule has 1 N–H and O–H groups in total. The summed E-state index contributed by atoms with van der Waals surface area (Å²) in [6.07, 6.45) is 0.896. The van der Waals surface area contributed by atoms with Crippen LogP contribution in [-0.2, 0) is 28.5 Å². The fourth-order valence-corrected chi connectivity index (χ4v) is 5.60. The monoisotopic (exact) mass is 366 g/mol. The number of hydrogen-bond acceptors (Lipinski definition) is 7. The van der Waals surface area contributed by atoms with Crippen molar-refractivity contribution in [2.45, 2.75) is 70.6 Å². The molecule has 3 fully saturated rings. The van der Waals surface area contributed by atoms with Gasteiger partial charge in [-0.15, -0.1) is 0 Å². The molecule has 2 aliphatic carbocycles. The third kappa shape index (κ3) is 2.05. The molecule has 2 bridgehead atoms. The van der Waals surface area contributed by atoms with Gasteiger partial charge in [0.1, 0.15) is 30.5 Å². The number of carbonyl (C=O) groups excluding carboxylic acids is 2. The number of carbonyl (C=O) groups is 2. The van der Waals surface area contributed by atoms with Crippen LogP contribution in [0.25, 0.3) is 0 Å². The van der Waals surface area contributed by atoms with Gasteiger partial charge in [0.25, 0.3) is 0 Å². The van der Waals surface area contributed by atoms with E-state index in [1.165, 1.54) is 19.4 Å². The van der Waals surface area contributed by atoms with Crippen molar-refractivity contribution in [2.75, 3.05) is 13.2 Å². The molecule has 7 heteroatoms. The molecule has 144 valence electrons. The molecule has 0 aromatic rings. The fraction of sp³-hybridized carbons (Fsp3) is 0.789. The molecule has 4 aliphatic rings. The summed E-state index contributed by atoms with van der Waals surface area (Å²) in [6.45, 7) is 7.31. The molecule has 1 unspecified atom stereocenters. The Bertz CT molecular complexity index is 681. The number of hydrogen-bond donors (Lipinski definition) is 1. The normalized spacial score (nSPS) is 48.6. The lowest BCUT2D eigenvalue weighted by Gasteiger charge is -2.58. The summed E-state index contributed by atoms with van der Waals surface area (Å²) >= 11 is 0. The second-order valence-corrected chi connectivity index (χ2v) is 8.33. The minimum absolute atomic E-state index is 0.135. The van der Waals surface area contributed by atoms with Gasteiger partial charge in [0.05, 0.1) is 18.1 Å². The molecule has 0 amide bonds. The van der Waals surface area contributed by atoms with Crippen molar-refractivity contribution < 1.29 is 33.6 Å². The minimum Gasteiger partial charge on any atom is -0.465 e. The predicted octanol–water partition coefficient (Wildman–Crippen LogP) is 1.12. The number of fused-ring (bicyclic) bond motifs is 2. The highest BCUT2D eigenvalue weighted by Crippen LogP contribution is 2.72. The van der Waals surface area contributed by atoms with Crippen LogP contribution in [0.4, 0.5) is 0 Å². The van der Waals surface area contributed by atoms with E-state index in [1.807, 2.05) is 13.8 Å². The smallest absolute Gasteiger partial charge is 0.303 e. The van der Waals surface area contributed by atoms with Crippen LogP contribution < -0.4 is 0 Å². The van der Waals surface area contributed by atoms with Gasteiger partial charge in [-0.25, -0.2) is 0 Å². The summed E-state index contributed by atoms with van der Waals surface area (Å²) in [7, 11) is 0. The van der Waals surface area contributed by atoms with Crippen molar-refractivity contribution in [3.05, 3.63) is 11.6 Å². The molecule has 2 heterocycles. The van der Waals surface area contributed by atoms with Crippen molar-refractivity contribution in [1.82, 2.24) is 0 Å². The summed E-state index contributed by atoms with van der Waals surface area (Å²) in [5, 5.41) is 10.9. The standard InChI is InChI=1S/C19H26O7/c1-10-5-6-18(8-23-11(2)20)13(7-10)26-16-14(22)15(25-12(3)21)17(18,4)19(16)9-24-19/h7,13-16,22H,5-6,8-9H2,1-4H3/t13?,14-,15+,16+,17+,18+,19-/m1/s1. The highest BCUT2D eigenvalue weighted by molar-refractivity contribution is 5.67. The quantitative estimate of drug-likeness (QED) is 0.454. The van der Waals surface area contributed by atoms with Crippen LogP contribution in [-0.4, -0.2) is 60.3 Å². The molecule has 0 aromatic heterocycles. The average Bonchev–Trinajstić information content (AvgIpc) is 3.34. The Morgan fingerprint density at radius 1 is 1.35 bits per heavy atom. The lowest BCUT2D eigenvalue weighted by atomic mass is 9.51. The average molecular weight is 366 g/mol. The maximum Gasteiger partial charge on any atom is 0.303 e. The van der Waals surface area contributed by atoms with E-state index in [2.05, 4.69) is 6.08 Å². The number of epoxide rings is 1. The number of rotatable bonds is 3. The number of aliphatic hydroxyl groups is 1. The van der Waals surface area contributed by atoms with Gasteiger partial charge < -0.3 is 24.1 Å². The molecule has 4 rings (SSSR count). The first kappa shape index (κ1) is 17.9. The van der Waals surface area contributed by atoms with Crippen LogP contribution in [0.15, 0.2) is 11.6 Å². The number of allylic oxidation sites excluding steroid dienone is 1. The Morgan fingerprint density at radius 3 is 2.62 bits per heavy atom. The number of ether oxygens (including phenoxy) is 4. The third-order valence-corrected chi connectivity index (χ3v) is 7.08. The van der Waals surface area contributed by atoms with Gasteiger partial charge >= 0.3 is 11.9 Å². The lowest BCUT2D eigenvalue weighted by Crippen LogP contribution is -2.66. The van der Waals surface area contributed by atoms with Crippen molar-refractivity contribution in [3.63, 3.8) is 0 Å². The molecule has 7 nitrogen and oxygen atoms in total. The van der Waals surface area contributed by atoms with Crippen LogP contribution in [0.5, 0.6) is 0 Å². The highest BCUT2D eigenvalue weighted by Gasteiger charge is 2.85. The third-order valence-electron chi connectivity index (χ3n) is 7.08. The van der Waals surface area contributed by atoms with Crippen LogP contribution in [0.2, 0.25) is 0 Å². The van der Waals surface area contributed by atoms with Crippen LogP contribution in [0.3, 0.4) is 0 Å². The Kier molecular flexibility index (Phi) is 3.82. The Hall–Kier alpha value is -1.44. The van der Waals surface area contributed by atoms with Gasteiger partial charge in [-0.05, 0) is 19.8 Å². The van der Waals surface area contributed by atoms with E-state index in [9.17, 15) is 14.7 Å². The summed E-state index contributed by atoms with van der Waals surface area (Å²) in [5.74, 6) is -0.830. The lowest BCUT2D eigenvalue weighted by molar-refractivity contribution is -0.233. The summed E-state index contributed by atoms with van der Waals surface area (Å²) < 4.78 is 23.3. The van der Waals surface area contributed by atoms with Crippen molar-refractivity contribution >= 4 is 11.9 Å². The Morgan fingerprint density at radius 2 is 2.04 bits per heavy atom. The van der Waals surface area contributed by atoms with Crippen LogP contribution >= 0.6 is 0 Å². The minimum atomic E-state index is -0.986. The first-order valence-electron chi connectivity index (χ1n) is 9.13. The highest BCUT2D eigenvalue weighted by atomic mass is 16.7. The van der Waals surface area contributed by atoms with E-state index >= 15 is 0 Å². The molecule has 0 radical (unpaired) electrons. The van der Waals surface area contributed by atoms with Crippen LogP contribution in [0, 0.1) is 10.8 Å². The van der Waals surface area contributed by atoms with E-state index in [1.54, 1.807) is 0 Å². The van der Waals surface area contributed by atoms with Gasteiger partial charge in [-0.2, -0.15) is 0 Å². The summed E-state index contributed by atoms with van der Waals surface area (Å²) in [6, 6.07) is 0. The first-order valence-corrected chi connectivity index (χ1v) is 9.13. The van der Waals surface area contributed by atoms with E-state index in [0.29, 0.717) is 13.0 Å². The zero-order valence-electron chi connectivity index (χ0n) is 15.6. The summed E-state index contributed by atoms with van der Waals surface area (Å²) in [5.41, 5.74) is -0.890. The number of esters is 2. The molecule has 1 spiro atoms. The maximum absolute atomic E-state index is 11.8. The maximum atomic E-state index is 11.8. The topological polar surface area (TPSA) is 94.6 Å². The van der Waals surface area contributed by atoms with Gasteiger partial charge in [0, 0.05) is 19.3 Å². The predicted molar refractivity (Wildman–Crippen MR) is 89.1 cm³/mol. The molecule has 0 aromatic carbocycles. The van der Waals surface area contributed by atoms with Gasteiger partial charge in [0.2, 0.25) is 0 Å². The van der Waals surface area contributed by atoms with Crippen molar-refractivity contribution in [1.29, 1.82) is 0 Å². The first-order chi connectivity index (χ1) is 12.2. The molecule has 26 heavy (non-hydrogen) atoms. The summed E-state index contributed by atoms with van der Waals surface area (Å²) in [4.78, 5) is 23.4.